The van der Waals surface area contributed by atoms with Crippen LogP contribution >= 0.6 is 0 Å². The minimum atomic E-state index is -0.892. The lowest BCUT2D eigenvalue weighted by atomic mass is 9.86. The fraction of sp³-hybridized carbons (Fsp3) is 0.579. The van der Waals surface area contributed by atoms with E-state index in [1.807, 2.05) is 0 Å². The normalized spacial score (nSPS) is 21.1. The van der Waals surface area contributed by atoms with Crippen molar-refractivity contribution in [2.75, 3.05) is 14.2 Å². The molecule has 0 heterocycles. The van der Waals surface area contributed by atoms with E-state index in [0.29, 0.717) is 17.4 Å². The number of ether oxygens (including phenoxy) is 3. The summed E-state index contributed by atoms with van der Waals surface area (Å²) in [5.74, 6) is 0.209. The monoisotopic (exact) mass is 349 g/mol. The molecule has 0 spiro atoms. The second kappa shape index (κ2) is 8.74. The van der Waals surface area contributed by atoms with Crippen molar-refractivity contribution in [3.63, 3.8) is 0 Å². The van der Waals surface area contributed by atoms with Gasteiger partial charge < -0.3 is 19.5 Å². The number of amides is 1. The third-order valence-electron chi connectivity index (χ3n) is 4.72. The number of rotatable bonds is 6. The minimum absolute atomic E-state index is 0.142. The molecule has 138 valence electrons. The molecule has 1 amide bonds. The molecule has 0 aromatic heterocycles. The molecule has 2 rings (SSSR count). The van der Waals surface area contributed by atoms with Gasteiger partial charge in [-0.05, 0) is 37.8 Å². The lowest BCUT2D eigenvalue weighted by molar-refractivity contribution is -0.130. The molecule has 25 heavy (non-hydrogen) atoms. The first-order valence-electron chi connectivity index (χ1n) is 8.70. The molecule has 0 radical (unpaired) electrons. The maximum atomic E-state index is 12.5. The van der Waals surface area contributed by atoms with Crippen molar-refractivity contribution < 1.29 is 23.8 Å². The van der Waals surface area contributed by atoms with Crippen molar-refractivity contribution in [1.29, 1.82) is 0 Å². The number of esters is 1. The van der Waals surface area contributed by atoms with E-state index < -0.39 is 12.1 Å². The predicted octanol–water partition coefficient (Wildman–Crippen LogP) is 2.94. The molecule has 1 saturated carbocycles. The van der Waals surface area contributed by atoms with Crippen LogP contribution in [-0.4, -0.2) is 38.2 Å². The second-order valence-corrected chi connectivity index (χ2v) is 6.46. The summed E-state index contributed by atoms with van der Waals surface area (Å²) in [7, 11) is 2.93. The molecule has 0 bridgehead atoms. The largest absolute Gasteiger partial charge is 0.496 e. The molecule has 6 heteroatoms. The summed E-state index contributed by atoms with van der Waals surface area (Å²) in [6.45, 7) is 3.71. The lowest BCUT2D eigenvalue weighted by Crippen LogP contribution is -2.46. The maximum absolute atomic E-state index is 12.5. The first kappa shape index (κ1) is 19.1. The SMILES string of the molecule is COc1cccc(OC)c1C(=O)O[C@H](C)C(=O)N[C@H]1CCCC[C@@H]1C. The minimum Gasteiger partial charge on any atom is -0.496 e. The number of methoxy groups -OCH3 is 2. The van der Waals surface area contributed by atoms with Gasteiger partial charge in [0.15, 0.2) is 6.10 Å². The van der Waals surface area contributed by atoms with Gasteiger partial charge in [-0.15, -0.1) is 0 Å². The van der Waals surface area contributed by atoms with Crippen LogP contribution in [0.2, 0.25) is 0 Å². The summed E-state index contributed by atoms with van der Waals surface area (Å²) in [6, 6.07) is 5.15. The number of hydrogen-bond acceptors (Lipinski definition) is 5. The summed E-state index contributed by atoms with van der Waals surface area (Å²) in [4.78, 5) is 24.9. The summed E-state index contributed by atoms with van der Waals surface area (Å²) in [5, 5.41) is 3.00. The molecule has 1 fully saturated rings. The van der Waals surface area contributed by atoms with E-state index in [0.717, 1.165) is 19.3 Å². The highest BCUT2D eigenvalue weighted by atomic mass is 16.6. The Morgan fingerprint density at radius 2 is 1.72 bits per heavy atom. The van der Waals surface area contributed by atoms with Crippen molar-refractivity contribution in [1.82, 2.24) is 5.32 Å². The zero-order valence-corrected chi connectivity index (χ0v) is 15.3. The highest BCUT2D eigenvalue weighted by Gasteiger charge is 2.28. The number of benzene rings is 1. The van der Waals surface area contributed by atoms with E-state index in [9.17, 15) is 9.59 Å². The zero-order valence-electron chi connectivity index (χ0n) is 15.3. The number of hydrogen-bond donors (Lipinski definition) is 1. The third kappa shape index (κ3) is 4.65. The average molecular weight is 349 g/mol. The number of carbonyl (C=O) groups is 2. The Balaban J connectivity index is 2.03. The van der Waals surface area contributed by atoms with E-state index in [1.165, 1.54) is 20.6 Å². The molecule has 1 N–H and O–H groups in total. The molecular formula is C19H27NO5. The highest BCUT2D eigenvalue weighted by Crippen LogP contribution is 2.29. The van der Waals surface area contributed by atoms with Crippen LogP contribution in [0.4, 0.5) is 0 Å². The Hall–Kier alpha value is -2.24. The van der Waals surface area contributed by atoms with E-state index in [2.05, 4.69) is 12.2 Å². The van der Waals surface area contributed by atoms with Crippen LogP contribution in [0.5, 0.6) is 11.5 Å². The summed E-state index contributed by atoms with van der Waals surface area (Å²) < 4.78 is 15.8. The highest BCUT2D eigenvalue weighted by molar-refractivity contribution is 5.97. The molecule has 0 saturated heterocycles. The Bertz CT molecular complexity index is 594. The van der Waals surface area contributed by atoms with Gasteiger partial charge in [0.1, 0.15) is 17.1 Å². The van der Waals surface area contributed by atoms with Gasteiger partial charge in [0, 0.05) is 6.04 Å². The van der Waals surface area contributed by atoms with Crippen LogP contribution in [0.3, 0.4) is 0 Å². The van der Waals surface area contributed by atoms with Gasteiger partial charge in [-0.25, -0.2) is 4.79 Å². The predicted molar refractivity (Wildman–Crippen MR) is 94.0 cm³/mol. The Labute approximate surface area is 148 Å². The zero-order chi connectivity index (χ0) is 18.4. The van der Waals surface area contributed by atoms with Gasteiger partial charge in [0.05, 0.1) is 14.2 Å². The molecule has 1 aromatic rings. The molecule has 1 aliphatic rings. The van der Waals surface area contributed by atoms with Gasteiger partial charge in [-0.3, -0.25) is 4.79 Å². The summed E-state index contributed by atoms with van der Waals surface area (Å²) >= 11 is 0. The first-order valence-corrected chi connectivity index (χ1v) is 8.70. The maximum Gasteiger partial charge on any atom is 0.346 e. The Morgan fingerprint density at radius 3 is 2.28 bits per heavy atom. The lowest BCUT2D eigenvalue weighted by Gasteiger charge is -2.30. The van der Waals surface area contributed by atoms with Crippen LogP contribution < -0.4 is 14.8 Å². The molecule has 0 unspecified atom stereocenters. The van der Waals surface area contributed by atoms with Gasteiger partial charge >= 0.3 is 5.97 Å². The van der Waals surface area contributed by atoms with Crippen LogP contribution in [0.15, 0.2) is 18.2 Å². The van der Waals surface area contributed by atoms with Crippen molar-refractivity contribution in [3.05, 3.63) is 23.8 Å². The summed E-state index contributed by atoms with van der Waals surface area (Å²) in [5.41, 5.74) is 0.179. The molecule has 6 nitrogen and oxygen atoms in total. The second-order valence-electron chi connectivity index (χ2n) is 6.46. The Morgan fingerprint density at radius 1 is 1.12 bits per heavy atom. The van der Waals surface area contributed by atoms with E-state index in [1.54, 1.807) is 25.1 Å². The number of nitrogens with one attached hydrogen (secondary N) is 1. The molecule has 1 aromatic carbocycles. The average Bonchev–Trinajstić information content (AvgIpc) is 2.62. The van der Waals surface area contributed by atoms with Gasteiger partial charge in [-0.1, -0.05) is 25.8 Å². The van der Waals surface area contributed by atoms with Gasteiger partial charge in [-0.2, -0.15) is 0 Å². The summed E-state index contributed by atoms with van der Waals surface area (Å²) in [6.07, 6.45) is 3.50. The quantitative estimate of drug-likeness (QED) is 0.799. The fourth-order valence-corrected chi connectivity index (χ4v) is 3.16. The fourth-order valence-electron chi connectivity index (χ4n) is 3.16. The van der Waals surface area contributed by atoms with E-state index in [4.69, 9.17) is 14.2 Å². The van der Waals surface area contributed by atoms with Crippen molar-refractivity contribution in [2.24, 2.45) is 5.92 Å². The molecule has 0 aliphatic heterocycles. The van der Waals surface area contributed by atoms with E-state index >= 15 is 0 Å². The van der Waals surface area contributed by atoms with Crippen LogP contribution in [0.1, 0.15) is 49.9 Å². The van der Waals surface area contributed by atoms with Crippen molar-refractivity contribution in [2.45, 2.75) is 51.7 Å². The number of carbonyl (C=O) groups excluding carboxylic acids is 2. The van der Waals surface area contributed by atoms with Crippen molar-refractivity contribution >= 4 is 11.9 Å². The van der Waals surface area contributed by atoms with Gasteiger partial charge in [0.25, 0.3) is 5.91 Å². The van der Waals surface area contributed by atoms with Crippen molar-refractivity contribution in [3.8, 4) is 11.5 Å². The first-order chi connectivity index (χ1) is 12.0. The molecule has 3 atom stereocenters. The standard InChI is InChI=1S/C19H27NO5/c1-12-8-5-6-9-14(12)20-18(21)13(2)25-19(22)17-15(23-3)10-7-11-16(17)24-4/h7,10-14H,5-6,8-9H2,1-4H3,(H,20,21)/t12-,13+,14-/m0/s1. The topological polar surface area (TPSA) is 73.9 Å². The smallest absolute Gasteiger partial charge is 0.346 e. The van der Waals surface area contributed by atoms with Crippen LogP contribution in [-0.2, 0) is 9.53 Å². The molecule has 1 aliphatic carbocycles. The van der Waals surface area contributed by atoms with Gasteiger partial charge in [0.2, 0.25) is 0 Å². The third-order valence-corrected chi connectivity index (χ3v) is 4.72. The van der Waals surface area contributed by atoms with E-state index in [-0.39, 0.29) is 17.5 Å². The van der Waals surface area contributed by atoms with Crippen LogP contribution in [0, 0.1) is 5.92 Å². The van der Waals surface area contributed by atoms with Crippen LogP contribution in [0.25, 0.3) is 0 Å². The Kier molecular flexibility index (Phi) is 6.67. The molecular weight excluding hydrogens is 322 g/mol.